The Morgan fingerprint density at radius 2 is 2.05 bits per heavy atom. The van der Waals surface area contributed by atoms with Crippen LogP contribution in [-0.2, 0) is 16.4 Å². The zero-order chi connectivity index (χ0) is 14.8. The Morgan fingerprint density at radius 1 is 1.30 bits per heavy atom. The summed E-state index contributed by atoms with van der Waals surface area (Å²) < 4.78 is 25.5. The molecule has 0 aliphatic carbocycles. The fourth-order valence-electron chi connectivity index (χ4n) is 2.20. The number of nitrogens with two attached hydrogens (primary N) is 1. The van der Waals surface area contributed by atoms with Crippen molar-refractivity contribution in [1.82, 2.24) is 4.57 Å². The van der Waals surface area contributed by atoms with Crippen LogP contribution in [0.5, 0.6) is 0 Å². The van der Waals surface area contributed by atoms with Crippen LogP contribution in [0.2, 0.25) is 0 Å². The second-order valence-electron chi connectivity index (χ2n) is 4.80. The number of aryl methyl sites for hydroxylation is 1. The molecule has 0 bridgehead atoms. The van der Waals surface area contributed by atoms with Gasteiger partial charge in [-0.15, -0.1) is 0 Å². The Morgan fingerprint density at radius 3 is 2.70 bits per heavy atom. The lowest BCUT2D eigenvalue weighted by Gasteiger charge is -2.07. The number of hydrogen-bond acceptors (Lipinski definition) is 3. The van der Waals surface area contributed by atoms with Crippen LogP contribution in [0.4, 0.5) is 0 Å². The van der Waals surface area contributed by atoms with E-state index < -0.39 is 9.84 Å². The van der Waals surface area contributed by atoms with Gasteiger partial charge in [0, 0.05) is 35.0 Å². The maximum atomic E-state index is 11.8. The van der Waals surface area contributed by atoms with Crippen molar-refractivity contribution >= 4 is 37.9 Å². The van der Waals surface area contributed by atoms with Crippen molar-refractivity contribution in [3.63, 3.8) is 0 Å². The number of hydrogen-bond donors (Lipinski definition) is 1. The van der Waals surface area contributed by atoms with Crippen LogP contribution in [0.25, 0.3) is 10.9 Å². The third-order valence-electron chi connectivity index (χ3n) is 3.21. The standard InChI is InChI=1S/C14H18N2O2S2/c1-2-8-20(17,18)9-7-16-6-5-11-10-12(14(15)19)3-4-13(11)16/h3-6,10H,2,7-9H2,1H3,(H2,15,19). The highest BCUT2D eigenvalue weighted by molar-refractivity contribution is 7.91. The Balaban J connectivity index is 2.22. The predicted octanol–water partition coefficient (Wildman–Crippen LogP) is 2.10. The van der Waals surface area contributed by atoms with Crippen LogP contribution < -0.4 is 5.73 Å². The number of benzene rings is 1. The van der Waals surface area contributed by atoms with E-state index in [0.29, 0.717) is 18.0 Å². The van der Waals surface area contributed by atoms with Crippen LogP contribution in [-0.4, -0.2) is 29.5 Å². The van der Waals surface area contributed by atoms with Gasteiger partial charge in [-0.3, -0.25) is 0 Å². The van der Waals surface area contributed by atoms with Crippen molar-refractivity contribution in [3.8, 4) is 0 Å². The van der Waals surface area contributed by atoms with Crippen LogP contribution >= 0.6 is 12.2 Å². The van der Waals surface area contributed by atoms with E-state index in [1.807, 2.05) is 42.0 Å². The molecule has 2 N–H and O–H groups in total. The van der Waals surface area contributed by atoms with Gasteiger partial charge >= 0.3 is 0 Å². The lowest BCUT2D eigenvalue weighted by molar-refractivity contribution is 0.588. The highest BCUT2D eigenvalue weighted by Gasteiger charge is 2.10. The number of sulfone groups is 1. The first kappa shape index (κ1) is 15.0. The minimum absolute atomic E-state index is 0.168. The maximum absolute atomic E-state index is 11.8. The fraction of sp³-hybridized carbons (Fsp3) is 0.357. The predicted molar refractivity (Wildman–Crippen MR) is 86.8 cm³/mol. The van der Waals surface area contributed by atoms with Gasteiger partial charge in [-0.25, -0.2) is 8.42 Å². The van der Waals surface area contributed by atoms with E-state index in [1.165, 1.54) is 0 Å². The van der Waals surface area contributed by atoms with Gasteiger partial charge in [0.15, 0.2) is 9.84 Å². The molecular formula is C14H18N2O2S2. The molecule has 108 valence electrons. The Bertz CT molecular complexity index is 733. The zero-order valence-corrected chi connectivity index (χ0v) is 13.0. The van der Waals surface area contributed by atoms with E-state index in [1.54, 1.807) is 0 Å². The molecule has 0 amide bonds. The molecule has 0 fully saturated rings. The zero-order valence-electron chi connectivity index (χ0n) is 11.4. The summed E-state index contributed by atoms with van der Waals surface area (Å²) in [5.74, 6) is 0.416. The number of fused-ring (bicyclic) bond motifs is 1. The summed E-state index contributed by atoms with van der Waals surface area (Å²) in [4.78, 5) is 0.366. The number of nitrogens with zero attached hydrogens (tertiary/aromatic N) is 1. The summed E-state index contributed by atoms with van der Waals surface area (Å²) in [5.41, 5.74) is 7.43. The molecule has 0 spiro atoms. The molecule has 2 aromatic rings. The average molecular weight is 310 g/mol. The van der Waals surface area contributed by atoms with Gasteiger partial charge in [-0.2, -0.15) is 0 Å². The van der Waals surface area contributed by atoms with Crippen LogP contribution in [0.15, 0.2) is 30.5 Å². The van der Waals surface area contributed by atoms with E-state index in [2.05, 4.69) is 0 Å². The van der Waals surface area contributed by atoms with Gasteiger partial charge < -0.3 is 10.3 Å². The number of aromatic nitrogens is 1. The van der Waals surface area contributed by atoms with Crippen LogP contribution in [0.3, 0.4) is 0 Å². The summed E-state index contributed by atoms with van der Waals surface area (Å²) >= 11 is 4.95. The Labute approximate surface area is 124 Å². The highest BCUT2D eigenvalue weighted by Crippen LogP contribution is 2.18. The average Bonchev–Trinajstić information content (AvgIpc) is 2.78. The molecule has 0 atom stereocenters. The van der Waals surface area contributed by atoms with E-state index in [-0.39, 0.29) is 11.5 Å². The van der Waals surface area contributed by atoms with E-state index in [4.69, 9.17) is 18.0 Å². The van der Waals surface area contributed by atoms with Crippen molar-refractivity contribution in [1.29, 1.82) is 0 Å². The molecule has 0 saturated heterocycles. The molecule has 20 heavy (non-hydrogen) atoms. The lowest BCUT2D eigenvalue weighted by atomic mass is 10.1. The second-order valence-corrected chi connectivity index (χ2v) is 7.54. The van der Waals surface area contributed by atoms with Gasteiger partial charge in [0.05, 0.1) is 5.75 Å². The van der Waals surface area contributed by atoms with E-state index in [0.717, 1.165) is 16.5 Å². The number of thiocarbonyl (C=S) groups is 1. The molecule has 1 aromatic heterocycles. The summed E-state index contributed by atoms with van der Waals surface area (Å²) in [6.07, 6.45) is 2.56. The second kappa shape index (κ2) is 5.93. The minimum Gasteiger partial charge on any atom is -0.389 e. The topological polar surface area (TPSA) is 65.1 Å². The fourth-order valence-corrected chi connectivity index (χ4v) is 3.63. The largest absolute Gasteiger partial charge is 0.389 e. The Hall–Kier alpha value is -1.40. The van der Waals surface area contributed by atoms with Gasteiger partial charge in [-0.05, 0) is 30.7 Å². The van der Waals surface area contributed by atoms with E-state index >= 15 is 0 Å². The van der Waals surface area contributed by atoms with Gasteiger partial charge in [0.1, 0.15) is 4.99 Å². The molecule has 0 aliphatic heterocycles. The molecule has 1 aromatic carbocycles. The summed E-state index contributed by atoms with van der Waals surface area (Å²) in [5, 5.41) is 1.02. The van der Waals surface area contributed by atoms with Crippen molar-refractivity contribution < 1.29 is 8.42 Å². The normalized spacial score (nSPS) is 11.8. The van der Waals surface area contributed by atoms with Crippen molar-refractivity contribution in [2.75, 3.05) is 11.5 Å². The SMILES string of the molecule is CCCS(=O)(=O)CCn1ccc2cc(C(N)=S)ccc21. The third kappa shape index (κ3) is 3.37. The van der Waals surface area contributed by atoms with Crippen molar-refractivity contribution in [2.45, 2.75) is 19.9 Å². The molecule has 4 nitrogen and oxygen atoms in total. The van der Waals surface area contributed by atoms with E-state index in [9.17, 15) is 8.42 Å². The molecule has 0 aliphatic rings. The van der Waals surface area contributed by atoms with Crippen molar-refractivity contribution in [2.24, 2.45) is 5.73 Å². The lowest BCUT2D eigenvalue weighted by Crippen LogP contribution is -2.15. The summed E-state index contributed by atoms with van der Waals surface area (Å²) in [6, 6.07) is 7.66. The van der Waals surface area contributed by atoms with Gasteiger partial charge in [0.25, 0.3) is 0 Å². The van der Waals surface area contributed by atoms with Gasteiger partial charge in [0.2, 0.25) is 0 Å². The molecule has 0 radical (unpaired) electrons. The first-order valence-electron chi connectivity index (χ1n) is 6.52. The first-order chi connectivity index (χ1) is 9.43. The molecule has 6 heteroatoms. The highest BCUT2D eigenvalue weighted by atomic mass is 32.2. The quantitative estimate of drug-likeness (QED) is 0.830. The monoisotopic (exact) mass is 310 g/mol. The summed E-state index contributed by atoms with van der Waals surface area (Å²) in [6.45, 7) is 2.35. The molecule has 1 heterocycles. The smallest absolute Gasteiger partial charge is 0.152 e. The van der Waals surface area contributed by atoms with Crippen molar-refractivity contribution in [3.05, 3.63) is 36.0 Å². The summed E-state index contributed by atoms with van der Waals surface area (Å²) in [7, 11) is -2.96. The van der Waals surface area contributed by atoms with Crippen LogP contribution in [0.1, 0.15) is 18.9 Å². The molecule has 0 saturated carbocycles. The molecule has 0 unspecified atom stereocenters. The third-order valence-corrected chi connectivity index (χ3v) is 5.28. The van der Waals surface area contributed by atoms with Crippen LogP contribution in [0, 0.1) is 0 Å². The van der Waals surface area contributed by atoms with Gasteiger partial charge in [-0.1, -0.05) is 19.1 Å². The Kier molecular flexibility index (Phi) is 4.45. The maximum Gasteiger partial charge on any atom is 0.152 e. The number of rotatable bonds is 6. The minimum atomic E-state index is -2.96. The first-order valence-corrected chi connectivity index (χ1v) is 8.75. The molecular weight excluding hydrogens is 292 g/mol. The molecule has 2 rings (SSSR count).